The predicted molar refractivity (Wildman–Crippen MR) is 121 cm³/mol. The molecule has 0 aliphatic carbocycles. The van der Waals surface area contributed by atoms with Crippen LogP contribution >= 0.6 is 0 Å². The largest absolute Gasteiger partial charge is 0.379 e. The van der Waals surface area contributed by atoms with Gasteiger partial charge in [-0.25, -0.2) is 4.39 Å². The Balaban J connectivity index is 1.68. The fourth-order valence-corrected chi connectivity index (χ4v) is 4.05. The van der Waals surface area contributed by atoms with Crippen LogP contribution in [-0.2, 0) is 10.4 Å². The normalized spacial score (nSPS) is 22.1. The average Bonchev–Trinajstić information content (AvgIpc) is 2.81. The number of alkyl halides is 1. The topological polar surface area (TPSA) is 79.7 Å². The molecule has 1 amide bonds. The van der Waals surface area contributed by atoms with Crippen LogP contribution in [-0.4, -0.2) is 59.0 Å². The van der Waals surface area contributed by atoms with Gasteiger partial charge in [-0.2, -0.15) is 0 Å². The first kappa shape index (κ1) is 22.2. The van der Waals surface area contributed by atoms with Gasteiger partial charge in [0.15, 0.2) is 0 Å². The number of rotatable bonds is 5. The number of nitrogens with zero attached hydrogens (tertiary/aromatic N) is 4. The van der Waals surface area contributed by atoms with Crippen LogP contribution in [0, 0.1) is 0 Å². The number of pyridine rings is 2. The molecule has 4 heterocycles. The first-order valence-corrected chi connectivity index (χ1v) is 10.7. The maximum Gasteiger partial charge on any atom is 0.253 e. The van der Waals surface area contributed by atoms with Crippen molar-refractivity contribution in [1.82, 2.24) is 20.2 Å². The molecular formula is C24H28FN5O2. The van der Waals surface area contributed by atoms with Crippen LogP contribution in [0.5, 0.6) is 0 Å². The highest BCUT2D eigenvalue weighted by molar-refractivity contribution is 5.98. The molecule has 2 aromatic rings. The van der Waals surface area contributed by atoms with Crippen molar-refractivity contribution in [2.75, 3.05) is 26.3 Å². The highest BCUT2D eigenvalue weighted by atomic mass is 19.1. The zero-order valence-corrected chi connectivity index (χ0v) is 18.6. The molecule has 0 saturated carbocycles. The van der Waals surface area contributed by atoms with Crippen molar-refractivity contribution in [1.29, 1.82) is 0 Å². The van der Waals surface area contributed by atoms with Crippen molar-refractivity contribution in [3.05, 3.63) is 65.4 Å². The quantitative estimate of drug-likeness (QED) is 0.776. The Kier molecular flexibility index (Phi) is 6.17. The second-order valence-corrected chi connectivity index (χ2v) is 8.62. The zero-order valence-electron chi connectivity index (χ0n) is 18.6. The number of aliphatic imine (C=N–C) groups is 1. The lowest BCUT2D eigenvalue weighted by atomic mass is 9.90. The number of hydrogen-bond acceptors (Lipinski definition) is 6. The summed E-state index contributed by atoms with van der Waals surface area (Å²) in [5, 5.41) is 3.19. The van der Waals surface area contributed by atoms with E-state index >= 15 is 0 Å². The third kappa shape index (κ3) is 4.61. The van der Waals surface area contributed by atoms with E-state index in [1.807, 2.05) is 31.5 Å². The van der Waals surface area contributed by atoms with Crippen molar-refractivity contribution in [2.24, 2.45) is 4.99 Å². The van der Waals surface area contributed by atoms with Crippen LogP contribution in [0.2, 0.25) is 0 Å². The van der Waals surface area contributed by atoms with Gasteiger partial charge < -0.3 is 10.1 Å². The summed E-state index contributed by atoms with van der Waals surface area (Å²) in [7, 11) is 0. The lowest BCUT2D eigenvalue weighted by Gasteiger charge is -2.45. The molecule has 2 aliphatic heterocycles. The number of morpholine rings is 1. The van der Waals surface area contributed by atoms with E-state index in [4.69, 9.17) is 4.74 Å². The van der Waals surface area contributed by atoms with Crippen LogP contribution < -0.4 is 5.32 Å². The van der Waals surface area contributed by atoms with Gasteiger partial charge in [0, 0.05) is 55.6 Å². The van der Waals surface area contributed by atoms with Crippen LogP contribution in [0.3, 0.4) is 0 Å². The van der Waals surface area contributed by atoms with Gasteiger partial charge in [-0.15, -0.1) is 0 Å². The third-order valence-corrected chi connectivity index (χ3v) is 5.90. The lowest BCUT2D eigenvalue weighted by Crippen LogP contribution is -2.65. The molecule has 1 N–H and O–H groups in total. The van der Waals surface area contributed by atoms with Crippen molar-refractivity contribution >= 4 is 17.7 Å². The first-order chi connectivity index (χ1) is 15.3. The van der Waals surface area contributed by atoms with E-state index < -0.39 is 11.3 Å². The van der Waals surface area contributed by atoms with Crippen molar-refractivity contribution in [3.8, 4) is 0 Å². The summed E-state index contributed by atoms with van der Waals surface area (Å²) in [6.45, 7) is 7.27. The van der Waals surface area contributed by atoms with Gasteiger partial charge in [0.25, 0.3) is 5.91 Å². The van der Waals surface area contributed by atoms with Gasteiger partial charge >= 0.3 is 0 Å². The summed E-state index contributed by atoms with van der Waals surface area (Å²) in [4.78, 5) is 28.5. The Hall–Kier alpha value is -2.97. The summed E-state index contributed by atoms with van der Waals surface area (Å²) in [6.07, 6.45) is 7.35. The van der Waals surface area contributed by atoms with E-state index in [0.29, 0.717) is 38.3 Å². The molecule has 1 unspecified atom stereocenters. The van der Waals surface area contributed by atoms with Crippen LogP contribution in [0.25, 0.3) is 5.57 Å². The molecule has 1 atom stereocenters. The molecule has 2 aliphatic rings. The number of halogens is 1. The molecule has 1 fully saturated rings. The monoisotopic (exact) mass is 437 g/mol. The maximum atomic E-state index is 14.4. The SMILES string of the molecule is CC1=C(c2cccnc2)CC(NC(=O)c2ccnc(C(C)(C)F)c2)(N2CCOCC2)C=N1. The number of allylic oxidation sites excluding steroid dienone is 1. The van der Waals surface area contributed by atoms with E-state index in [1.165, 1.54) is 26.1 Å². The van der Waals surface area contributed by atoms with Crippen LogP contribution in [0.1, 0.15) is 48.8 Å². The molecule has 1 saturated heterocycles. The van der Waals surface area contributed by atoms with Gasteiger partial charge in [-0.3, -0.25) is 24.7 Å². The van der Waals surface area contributed by atoms with E-state index in [9.17, 15) is 9.18 Å². The summed E-state index contributed by atoms with van der Waals surface area (Å²) in [5.74, 6) is -0.305. The van der Waals surface area contributed by atoms with E-state index in [2.05, 4.69) is 25.2 Å². The smallest absolute Gasteiger partial charge is 0.253 e. The highest BCUT2D eigenvalue weighted by Crippen LogP contribution is 2.34. The van der Waals surface area contributed by atoms with Gasteiger partial charge in [0.05, 0.1) is 18.9 Å². The Labute approximate surface area is 187 Å². The molecular weight excluding hydrogens is 409 g/mol. The summed E-state index contributed by atoms with van der Waals surface area (Å²) >= 11 is 0. The minimum Gasteiger partial charge on any atom is -0.379 e. The number of carbonyl (C=O) groups is 1. The summed E-state index contributed by atoms with van der Waals surface area (Å²) in [6, 6.07) is 6.99. The number of carbonyl (C=O) groups excluding carboxylic acids is 1. The molecule has 32 heavy (non-hydrogen) atoms. The van der Waals surface area contributed by atoms with E-state index in [1.54, 1.807) is 12.3 Å². The summed E-state index contributed by atoms with van der Waals surface area (Å²) in [5.41, 5.74) is 0.983. The maximum absolute atomic E-state index is 14.4. The van der Waals surface area contributed by atoms with Crippen molar-refractivity contribution in [2.45, 2.75) is 38.5 Å². The van der Waals surface area contributed by atoms with Crippen molar-refractivity contribution < 1.29 is 13.9 Å². The molecule has 168 valence electrons. The predicted octanol–water partition coefficient (Wildman–Crippen LogP) is 3.35. The number of hydrogen-bond donors (Lipinski definition) is 1. The lowest BCUT2D eigenvalue weighted by molar-refractivity contribution is -0.00621. The molecule has 4 rings (SSSR count). The second-order valence-electron chi connectivity index (χ2n) is 8.62. The average molecular weight is 438 g/mol. The van der Waals surface area contributed by atoms with Gasteiger partial charge in [-0.05, 0) is 50.1 Å². The minimum absolute atomic E-state index is 0.217. The standard InChI is InChI=1S/C24H28FN5O2/c1-17-20(19-5-4-7-26-15-19)14-24(16-28-17,30-9-11-32-12-10-30)29-22(31)18-6-8-27-21(13-18)23(2,3)25/h4-8,13,15-16H,9-12,14H2,1-3H3,(H,29,31). The third-order valence-electron chi connectivity index (χ3n) is 5.90. The van der Waals surface area contributed by atoms with E-state index in [0.717, 1.165) is 16.8 Å². The molecule has 0 spiro atoms. The summed E-state index contributed by atoms with van der Waals surface area (Å²) < 4.78 is 20.0. The van der Waals surface area contributed by atoms with Gasteiger partial charge in [-0.1, -0.05) is 6.07 Å². The Morgan fingerprint density at radius 2 is 2.03 bits per heavy atom. The minimum atomic E-state index is -1.64. The van der Waals surface area contributed by atoms with Crippen LogP contribution in [0.15, 0.2) is 53.5 Å². The zero-order chi connectivity index (χ0) is 22.8. The fourth-order valence-electron chi connectivity index (χ4n) is 4.05. The fraction of sp³-hybridized carbons (Fsp3) is 0.417. The molecule has 7 nitrogen and oxygen atoms in total. The molecule has 2 aromatic heterocycles. The molecule has 0 radical (unpaired) electrons. The number of amides is 1. The number of aromatic nitrogens is 2. The molecule has 8 heteroatoms. The van der Waals surface area contributed by atoms with Crippen LogP contribution in [0.4, 0.5) is 4.39 Å². The van der Waals surface area contributed by atoms with Crippen molar-refractivity contribution in [3.63, 3.8) is 0 Å². The Morgan fingerprint density at radius 3 is 2.72 bits per heavy atom. The first-order valence-electron chi connectivity index (χ1n) is 10.7. The highest BCUT2D eigenvalue weighted by Gasteiger charge is 2.41. The van der Waals surface area contributed by atoms with E-state index in [-0.39, 0.29) is 11.6 Å². The Bertz CT molecular complexity index is 1040. The Morgan fingerprint density at radius 1 is 1.25 bits per heavy atom. The second kappa shape index (κ2) is 8.88. The molecule has 0 aromatic carbocycles. The molecule has 0 bridgehead atoms. The number of ether oxygens (including phenoxy) is 1. The van der Waals surface area contributed by atoms with Gasteiger partial charge in [0.1, 0.15) is 11.3 Å². The number of nitrogens with one attached hydrogen (secondary N) is 1. The van der Waals surface area contributed by atoms with Gasteiger partial charge in [0.2, 0.25) is 0 Å².